The lowest BCUT2D eigenvalue weighted by Gasteiger charge is -2.42. The van der Waals surface area contributed by atoms with Crippen LogP contribution in [0.2, 0.25) is 0 Å². The van der Waals surface area contributed by atoms with E-state index in [0.29, 0.717) is 17.1 Å². The first kappa shape index (κ1) is 12.1. The van der Waals surface area contributed by atoms with E-state index in [-0.39, 0.29) is 0 Å². The highest BCUT2D eigenvalue weighted by Crippen LogP contribution is 2.56. The summed E-state index contributed by atoms with van der Waals surface area (Å²) >= 11 is 0. The number of hydrogen-bond donors (Lipinski definition) is 0. The first-order chi connectivity index (χ1) is 7.59. The lowest BCUT2D eigenvalue weighted by Crippen LogP contribution is -2.39. The number of rotatable bonds is 3. The van der Waals surface area contributed by atoms with Gasteiger partial charge in [-0.25, -0.2) is 0 Å². The van der Waals surface area contributed by atoms with Crippen LogP contribution in [0.3, 0.4) is 0 Å². The van der Waals surface area contributed by atoms with E-state index in [2.05, 4.69) is 20.8 Å². The lowest BCUT2D eigenvalue weighted by atomic mass is 9.62. The molecule has 1 nitrogen and oxygen atoms in total. The Bertz CT molecular complexity index is 271. The third kappa shape index (κ3) is 1.83. The first-order valence-electron chi connectivity index (χ1n) is 7.12. The molecule has 0 heterocycles. The smallest absolute Gasteiger partial charge is 0.136 e. The molecule has 0 aromatic heterocycles. The van der Waals surface area contributed by atoms with Gasteiger partial charge < -0.3 is 0 Å². The van der Waals surface area contributed by atoms with Gasteiger partial charge in [0.15, 0.2) is 0 Å². The number of fused-ring (bicyclic) bond motifs is 1. The minimum Gasteiger partial charge on any atom is -0.299 e. The zero-order valence-corrected chi connectivity index (χ0v) is 11.1. The van der Waals surface area contributed by atoms with Crippen molar-refractivity contribution in [3.8, 4) is 0 Å². The molecule has 0 radical (unpaired) electrons. The average Bonchev–Trinajstić information content (AvgIpc) is 2.57. The number of ketones is 1. The van der Waals surface area contributed by atoms with Gasteiger partial charge in [-0.1, -0.05) is 33.6 Å². The van der Waals surface area contributed by atoms with Crippen molar-refractivity contribution in [2.24, 2.45) is 23.2 Å². The second-order valence-corrected chi connectivity index (χ2v) is 6.33. The van der Waals surface area contributed by atoms with Gasteiger partial charge in [0.1, 0.15) is 5.78 Å². The molecule has 0 spiro atoms. The van der Waals surface area contributed by atoms with E-state index in [1.54, 1.807) is 0 Å². The molecule has 0 aromatic rings. The fraction of sp³-hybridized carbons (Fsp3) is 0.933. The monoisotopic (exact) mass is 222 g/mol. The molecule has 2 aliphatic carbocycles. The van der Waals surface area contributed by atoms with Crippen LogP contribution in [0.1, 0.15) is 65.7 Å². The minimum atomic E-state index is 0.351. The third-order valence-electron chi connectivity index (χ3n) is 5.37. The van der Waals surface area contributed by atoms with Gasteiger partial charge in [0.25, 0.3) is 0 Å². The van der Waals surface area contributed by atoms with Crippen molar-refractivity contribution in [2.75, 3.05) is 0 Å². The van der Waals surface area contributed by atoms with Gasteiger partial charge in [-0.05, 0) is 42.9 Å². The molecule has 0 amide bonds. The fourth-order valence-electron chi connectivity index (χ4n) is 4.56. The molecule has 0 bridgehead atoms. The molecule has 92 valence electrons. The topological polar surface area (TPSA) is 17.1 Å². The summed E-state index contributed by atoms with van der Waals surface area (Å²) in [5.74, 6) is 2.60. The molecule has 0 saturated heterocycles. The molecular weight excluding hydrogens is 196 g/mol. The highest BCUT2D eigenvalue weighted by Gasteiger charge is 2.51. The predicted octanol–water partition coefficient (Wildman–Crippen LogP) is 4.21. The van der Waals surface area contributed by atoms with Gasteiger partial charge in [0.05, 0.1) is 0 Å². The summed E-state index contributed by atoms with van der Waals surface area (Å²) in [6.07, 6.45) is 8.38. The zero-order chi connectivity index (χ0) is 11.8. The average molecular weight is 222 g/mol. The number of carbonyl (C=O) groups is 1. The number of hydrogen-bond acceptors (Lipinski definition) is 1. The Morgan fingerprint density at radius 1 is 1.44 bits per heavy atom. The maximum absolute atomic E-state index is 12.0. The summed E-state index contributed by atoms with van der Waals surface area (Å²) in [6, 6.07) is 0. The molecule has 16 heavy (non-hydrogen) atoms. The van der Waals surface area contributed by atoms with Crippen molar-refractivity contribution >= 4 is 5.78 Å². The van der Waals surface area contributed by atoms with Crippen molar-refractivity contribution in [2.45, 2.75) is 65.7 Å². The summed E-state index contributed by atoms with van der Waals surface area (Å²) in [7, 11) is 0. The predicted molar refractivity (Wildman–Crippen MR) is 67.3 cm³/mol. The standard InChI is InChI=1S/C15H26O/c1-4-6-11(2)12-8-9-13-14(16)7-5-10-15(12,13)3/h11-13H,4-10H2,1-3H3/t11-,12?,13?,15+/m0/s1. The number of Topliss-reactive ketones (excluding diaryl/α,β-unsaturated/α-hetero) is 1. The van der Waals surface area contributed by atoms with Crippen LogP contribution in [0, 0.1) is 23.2 Å². The maximum Gasteiger partial charge on any atom is 0.136 e. The molecule has 2 rings (SSSR count). The molecule has 2 saturated carbocycles. The van der Waals surface area contributed by atoms with Gasteiger partial charge in [-0.3, -0.25) is 4.79 Å². The van der Waals surface area contributed by atoms with E-state index in [1.807, 2.05) is 0 Å². The maximum atomic E-state index is 12.0. The van der Waals surface area contributed by atoms with Crippen molar-refractivity contribution < 1.29 is 4.79 Å². The molecule has 4 atom stereocenters. The SMILES string of the molecule is CCC[C@H](C)C1CCC2C(=O)CCC[C@@]21C. The largest absolute Gasteiger partial charge is 0.299 e. The first-order valence-corrected chi connectivity index (χ1v) is 7.12. The zero-order valence-electron chi connectivity index (χ0n) is 11.1. The van der Waals surface area contributed by atoms with Gasteiger partial charge >= 0.3 is 0 Å². The molecule has 0 N–H and O–H groups in total. The van der Waals surface area contributed by atoms with Gasteiger partial charge in [-0.15, -0.1) is 0 Å². The van der Waals surface area contributed by atoms with Crippen LogP contribution in [-0.2, 0) is 4.79 Å². The van der Waals surface area contributed by atoms with E-state index in [4.69, 9.17) is 0 Å². The van der Waals surface area contributed by atoms with E-state index >= 15 is 0 Å². The lowest BCUT2D eigenvalue weighted by molar-refractivity contribution is -0.130. The van der Waals surface area contributed by atoms with Crippen LogP contribution in [-0.4, -0.2) is 5.78 Å². The van der Waals surface area contributed by atoms with Crippen LogP contribution in [0.15, 0.2) is 0 Å². The van der Waals surface area contributed by atoms with E-state index in [1.165, 1.54) is 32.1 Å². The van der Waals surface area contributed by atoms with E-state index < -0.39 is 0 Å². The van der Waals surface area contributed by atoms with Gasteiger partial charge in [-0.2, -0.15) is 0 Å². The quantitative estimate of drug-likeness (QED) is 0.699. The minimum absolute atomic E-state index is 0.351. The second kappa shape index (κ2) is 4.50. The summed E-state index contributed by atoms with van der Waals surface area (Å²) in [5, 5.41) is 0. The summed E-state index contributed by atoms with van der Waals surface area (Å²) < 4.78 is 0. The molecule has 2 aliphatic rings. The molecule has 2 unspecified atom stereocenters. The highest BCUT2D eigenvalue weighted by atomic mass is 16.1. The summed E-state index contributed by atoms with van der Waals surface area (Å²) in [5.41, 5.74) is 0.351. The molecule has 0 aromatic carbocycles. The Morgan fingerprint density at radius 2 is 2.19 bits per heavy atom. The van der Waals surface area contributed by atoms with Crippen LogP contribution >= 0.6 is 0 Å². The van der Waals surface area contributed by atoms with Gasteiger partial charge in [0.2, 0.25) is 0 Å². The van der Waals surface area contributed by atoms with Crippen molar-refractivity contribution in [3.63, 3.8) is 0 Å². The van der Waals surface area contributed by atoms with E-state index in [9.17, 15) is 4.79 Å². The summed E-state index contributed by atoms with van der Waals surface area (Å²) in [6.45, 7) is 7.08. The van der Waals surface area contributed by atoms with Crippen molar-refractivity contribution in [1.29, 1.82) is 0 Å². The Balaban J connectivity index is 2.14. The van der Waals surface area contributed by atoms with Gasteiger partial charge in [0, 0.05) is 12.3 Å². The number of carbonyl (C=O) groups excluding carboxylic acids is 1. The summed E-state index contributed by atoms with van der Waals surface area (Å²) in [4.78, 5) is 12.0. The Hall–Kier alpha value is -0.330. The second-order valence-electron chi connectivity index (χ2n) is 6.33. The molecular formula is C15H26O. The Morgan fingerprint density at radius 3 is 2.88 bits per heavy atom. The molecule has 2 fully saturated rings. The Labute approximate surface area is 100.0 Å². The van der Waals surface area contributed by atoms with Crippen LogP contribution in [0.25, 0.3) is 0 Å². The normalized spacial score (nSPS) is 40.8. The third-order valence-corrected chi connectivity index (χ3v) is 5.37. The van der Waals surface area contributed by atoms with Crippen LogP contribution < -0.4 is 0 Å². The van der Waals surface area contributed by atoms with Crippen molar-refractivity contribution in [3.05, 3.63) is 0 Å². The molecule has 0 aliphatic heterocycles. The van der Waals surface area contributed by atoms with Crippen molar-refractivity contribution in [1.82, 2.24) is 0 Å². The Kier molecular flexibility index (Phi) is 3.42. The van der Waals surface area contributed by atoms with Crippen LogP contribution in [0.5, 0.6) is 0 Å². The highest BCUT2D eigenvalue weighted by molar-refractivity contribution is 5.83. The van der Waals surface area contributed by atoms with E-state index in [0.717, 1.165) is 24.7 Å². The fourth-order valence-corrected chi connectivity index (χ4v) is 4.56. The molecule has 1 heteroatoms. The van der Waals surface area contributed by atoms with Crippen LogP contribution in [0.4, 0.5) is 0 Å².